The van der Waals surface area contributed by atoms with E-state index in [1.165, 1.54) is 6.20 Å². The van der Waals surface area contributed by atoms with Crippen molar-refractivity contribution in [3.05, 3.63) is 23.9 Å². The molecule has 0 radical (unpaired) electrons. The SMILES string of the molecule is CCOC(=O)C1=CNC(C(=O)OCC)(C(=O)OCC)[C@H]2CC/C=C\CC[C@H]12. The second kappa shape index (κ2) is 9.58. The highest BCUT2D eigenvalue weighted by molar-refractivity contribution is 6.06. The lowest BCUT2D eigenvalue weighted by Gasteiger charge is -2.44. The molecule has 0 aromatic rings. The Kier molecular flexibility index (Phi) is 7.45. The Morgan fingerprint density at radius 1 is 0.963 bits per heavy atom. The van der Waals surface area contributed by atoms with Crippen molar-refractivity contribution >= 4 is 17.9 Å². The summed E-state index contributed by atoms with van der Waals surface area (Å²) in [5.41, 5.74) is -1.20. The summed E-state index contributed by atoms with van der Waals surface area (Å²) in [6, 6.07) is 0. The van der Waals surface area contributed by atoms with Gasteiger partial charge in [-0.1, -0.05) is 12.2 Å². The summed E-state index contributed by atoms with van der Waals surface area (Å²) >= 11 is 0. The van der Waals surface area contributed by atoms with Gasteiger partial charge in [0, 0.05) is 12.1 Å². The number of ether oxygens (including phenoxy) is 3. The number of carbonyl (C=O) groups excluding carboxylic acids is 3. The predicted octanol–water partition coefficient (Wildman–Crippen LogP) is 2.26. The highest BCUT2D eigenvalue weighted by atomic mass is 16.6. The van der Waals surface area contributed by atoms with Crippen molar-refractivity contribution in [1.29, 1.82) is 0 Å². The van der Waals surface area contributed by atoms with Gasteiger partial charge in [-0.05, 0) is 52.4 Å². The van der Waals surface area contributed by atoms with Crippen LogP contribution in [0.2, 0.25) is 0 Å². The van der Waals surface area contributed by atoms with E-state index < -0.39 is 29.4 Å². The smallest absolute Gasteiger partial charge is 0.343 e. The largest absolute Gasteiger partial charge is 0.464 e. The first-order valence-corrected chi connectivity index (χ1v) is 9.67. The molecule has 27 heavy (non-hydrogen) atoms. The van der Waals surface area contributed by atoms with Gasteiger partial charge in [0.05, 0.1) is 25.4 Å². The Balaban J connectivity index is 2.54. The summed E-state index contributed by atoms with van der Waals surface area (Å²) < 4.78 is 15.7. The molecule has 0 amide bonds. The van der Waals surface area contributed by atoms with Crippen LogP contribution in [0.1, 0.15) is 46.5 Å². The van der Waals surface area contributed by atoms with Crippen LogP contribution in [0.25, 0.3) is 0 Å². The number of carbonyl (C=O) groups is 3. The number of hydrogen-bond acceptors (Lipinski definition) is 7. The zero-order valence-corrected chi connectivity index (χ0v) is 16.3. The fraction of sp³-hybridized carbons (Fsp3) is 0.650. The number of fused-ring (bicyclic) bond motifs is 1. The Morgan fingerprint density at radius 3 is 2.07 bits per heavy atom. The lowest BCUT2D eigenvalue weighted by Crippen LogP contribution is -2.66. The Bertz CT molecular complexity index is 606. The van der Waals surface area contributed by atoms with Crippen molar-refractivity contribution in [3.8, 4) is 0 Å². The summed E-state index contributed by atoms with van der Waals surface area (Å²) in [5, 5.41) is 2.90. The molecule has 0 fully saturated rings. The minimum Gasteiger partial charge on any atom is -0.464 e. The Hall–Kier alpha value is -2.31. The summed E-state index contributed by atoms with van der Waals surface area (Å²) in [6.07, 6.45) is 8.17. The summed E-state index contributed by atoms with van der Waals surface area (Å²) in [6.45, 7) is 5.68. The van der Waals surface area contributed by atoms with Gasteiger partial charge >= 0.3 is 17.9 Å². The summed E-state index contributed by atoms with van der Waals surface area (Å²) in [7, 11) is 0. The van der Waals surface area contributed by atoms with E-state index in [-0.39, 0.29) is 25.7 Å². The van der Waals surface area contributed by atoms with Crippen LogP contribution in [0, 0.1) is 11.8 Å². The summed E-state index contributed by atoms with van der Waals surface area (Å²) in [4.78, 5) is 38.4. The van der Waals surface area contributed by atoms with E-state index in [0.29, 0.717) is 24.8 Å². The molecule has 1 aliphatic carbocycles. The van der Waals surface area contributed by atoms with Gasteiger partial charge < -0.3 is 19.5 Å². The molecule has 2 rings (SSSR count). The van der Waals surface area contributed by atoms with E-state index in [1.54, 1.807) is 20.8 Å². The minimum atomic E-state index is -1.65. The first-order chi connectivity index (χ1) is 13.0. The van der Waals surface area contributed by atoms with Crippen LogP contribution in [0.15, 0.2) is 23.9 Å². The molecule has 1 heterocycles. The van der Waals surface area contributed by atoms with Crippen LogP contribution in [-0.2, 0) is 28.6 Å². The lowest BCUT2D eigenvalue weighted by atomic mass is 9.66. The maximum Gasteiger partial charge on any atom is 0.343 e. The molecular formula is C20H29NO6. The molecule has 2 aliphatic rings. The lowest BCUT2D eigenvalue weighted by molar-refractivity contribution is -0.172. The number of rotatable bonds is 6. The minimum absolute atomic E-state index is 0.146. The topological polar surface area (TPSA) is 90.9 Å². The molecule has 7 nitrogen and oxygen atoms in total. The average Bonchev–Trinajstić information content (AvgIpc) is 2.61. The molecule has 2 atom stereocenters. The van der Waals surface area contributed by atoms with Crippen molar-refractivity contribution in [2.45, 2.75) is 52.0 Å². The van der Waals surface area contributed by atoms with Gasteiger partial charge in [0.2, 0.25) is 5.54 Å². The third-order valence-electron chi connectivity index (χ3n) is 5.06. The normalized spacial score (nSPS) is 24.8. The van der Waals surface area contributed by atoms with Crippen molar-refractivity contribution in [2.24, 2.45) is 11.8 Å². The number of hydrogen-bond donors (Lipinski definition) is 1. The molecule has 0 aromatic heterocycles. The van der Waals surface area contributed by atoms with Crippen molar-refractivity contribution in [2.75, 3.05) is 19.8 Å². The molecule has 7 heteroatoms. The molecule has 0 saturated heterocycles. The second-order valence-corrected chi connectivity index (χ2v) is 6.55. The van der Waals surface area contributed by atoms with E-state index >= 15 is 0 Å². The molecule has 0 aromatic carbocycles. The quantitative estimate of drug-likeness (QED) is 0.328. The summed E-state index contributed by atoms with van der Waals surface area (Å²) in [5.74, 6) is -2.52. The van der Waals surface area contributed by atoms with Crippen LogP contribution >= 0.6 is 0 Å². The third kappa shape index (κ3) is 4.17. The number of allylic oxidation sites excluding steroid dienone is 2. The first kappa shape index (κ1) is 21.0. The van der Waals surface area contributed by atoms with Gasteiger partial charge in [0.15, 0.2) is 0 Å². The van der Waals surface area contributed by atoms with Crippen LogP contribution in [0.5, 0.6) is 0 Å². The highest BCUT2D eigenvalue weighted by Gasteiger charge is 2.59. The molecule has 150 valence electrons. The van der Waals surface area contributed by atoms with Crippen molar-refractivity contribution in [3.63, 3.8) is 0 Å². The number of nitrogens with one attached hydrogen (secondary N) is 1. The zero-order chi connectivity index (χ0) is 19.9. The highest BCUT2D eigenvalue weighted by Crippen LogP contribution is 2.42. The maximum atomic E-state index is 12.9. The van der Waals surface area contributed by atoms with Gasteiger partial charge in [-0.2, -0.15) is 0 Å². The van der Waals surface area contributed by atoms with Crippen LogP contribution in [0.3, 0.4) is 0 Å². The number of esters is 3. The van der Waals surface area contributed by atoms with E-state index in [1.807, 2.05) is 6.08 Å². The average molecular weight is 379 g/mol. The van der Waals surface area contributed by atoms with Crippen molar-refractivity contribution in [1.82, 2.24) is 5.32 Å². The molecule has 1 N–H and O–H groups in total. The fourth-order valence-corrected chi connectivity index (χ4v) is 3.90. The molecule has 0 saturated carbocycles. The zero-order valence-electron chi connectivity index (χ0n) is 16.3. The molecule has 0 bridgehead atoms. The van der Waals surface area contributed by atoms with Crippen LogP contribution in [-0.4, -0.2) is 43.3 Å². The molecule has 0 unspecified atom stereocenters. The van der Waals surface area contributed by atoms with Crippen LogP contribution in [0.4, 0.5) is 0 Å². The first-order valence-electron chi connectivity index (χ1n) is 9.67. The van der Waals surface area contributed by atoms with Gasteiger partial charge in [0.25, 0.3) is 0 Å². The fourth-order valence-electron chi connectivity index (χ4n) is 3.90. The molecule has 0 spiro atoms. The second-order valence-electron chi connectivity index (χ2n) is 6.55. The van der Waals surface area contributed by atoms with Gasteiger partial charge in [0.1, 0.15) is 0 Å². The third-order valence-corrected chi connectivity index (χ3v) is 5.06. The van der Waals surface area contributed by atoms with Gasteiger partial charge in [-0.15, -0.1) is 0 Å². The van der Waals surface area contributed by atoms with Gasteiger partial charge in [-0.3, -0.25) is 0 Å². The molecule has 1 aliphatic heterocycles. The predicted molar refractivity (Wildman–Crippen MR) is 98.4 cm³/mol. The maximum absolute atomic E-state index is 12.9. The Morgan fingerprint density at radius 2 is 1.52 bits per heavy atom. The van der Waals surface area contributed by atoms with E-state index in [2.05, 4.69) is 11.4 Å². The van der Waals surface area contributed by atoms with Gasteiger partial charge in [-0.25, -0.2) is 14.4 Å². The Labute approximate surface area is 160 Å². The van der Waals surface area contributed by atoms with Crippen LogP contribution < -0.4 is 5.32 Å². The standard InChI is InChI=1S/C20H29NO6/c1-4-25-17(22)15-13-21-20(18(23)26-5-2,19(24)27-6-3)16-12-10-8-7-9-11-14(15)16/h7-8,13-14,16,21H,4-6,9-12H2,1-3H3/b8-7-/t14-,16+/m1/s1. The monoisotopic (exact) mass is 379 g/mol. The molecular weight excluding hydrogens is 350 g/mol. The van der Waals surface area contributed by atoms with Crippen molar-refractivity contribution < 1.29 is 28.6 Å². The van der Waals surface area contributed by atoms with E-state index in [9.17, 15) is 14.4 Å². The van der Waals surface area contributed by atoms with E-state index in [0.717, 1.165) is 6.42 Å². The van der Waals surface area contributed by atoms with E-state index in [4.69, 9.17) is 14.2 Å².